The molecule has 1 aromatic heterocycles. The van der Waals surface area contributed by atoms with Gasteiger partial charge in [-0.05, 0) is 12.1 Å². The maximum atomic E-state index is 10.7. The minimum absolute atomic E-state index is 0.138. The molecule has 82 valence electrons. The molecular weight excluding hydrogens is 220 g/mol. The molecule has 16 heavy (non-hydrogen) atoms. The largest absolute Gasteiger partial charge is 0.288 e. The van der Waals surface area contributed by atoms with Crippen LogP contribution < -0.4 is 0 Å². The Morgan fingerprint density at radius 1 is 1.50 bits per heavy atom. The predicted octanol–water partition coefficient (Wildman–Crippen LogP) is 2.86. The van der Waals surface area contributed by atoms with E-state index in [1.54, 1.807) is 6.92 Å². The van der Waals surface area contributed by atoms with Crippen molar-refractivity contribution in [3.05, 3.63) is 36.0 Å². The Morgan fingerprint density at radius 3 is 3.12 bits per heavy atom. The molecule has 0 unspecified atom stereocenters. The van der Waals surface area contributed by atoms with Crippen molar-refractivity contribution in [2.75, 3.05) is 5.75 Å². The number of aromatic nitrogens is 2. The zero-order chi connectivity index (χ0) is 11.4. The van der Waals surface area contributed by atoms with Gasteiger partial charge in [-0.15, -0.1) is 0 Å². The number of fused-ring (bicyclic) bond motifs is 1. The summed E-state index contributed by atoms with van der Waals surface area (Å²) in [5, 5.41) is 8.39. The minimum Gasteiger partial charge on any atom is -0.288 e. The van der Waals surface area contributed by atoms with E-state index in [0.29, 0.717) is 5.75 Å². The standard InChI is InChI=1S/C12H12N2OS/c1-9(15)16-8-4-7-12-10-5-2-3-6-11(10)13-14-12/h2-7H,8H2,1H3,(H,13,14). The zero-order valence-electron chi connectivity index (χ0n) is 8.93. The van der Waals surface area contributed by atoms with E-state index >= 15 is 0 Å². The summed E-state index contributed by atoms with van der Waals surface area (Å²) in [7, 11) is 0. The molecular formula is C12H12N2OS. The summed E-state index contributed by atoms with van der Waals surface area (Å²) >= 11 is 1.30. The number of nitrogens with zero attached hydrogens (tertiary/aromatic N) is 1. The highest BCUT2D eigenvalue weighted by Gasteiger charge is 1.99. The van der Waals surface area contributed by atoms with Crippen LogP contribution >= 0.6 is 11.8 Å². The third-order valence-electron chi connectivity index (χ3n) is 2.16. The molecule has 0 saturated heterocycles. The minimum atomic E-state index is 0.138. The summed E-state index contributed by atoms with van der Waals surface area (Å²) in [6, 6.07) is 7.94. The van der Waals surface area contributed by atoms with E-state index in [4.69, 9.17) is 0 Å². The number of thioether (sulfide) groups is 1. The van der Waals surface area contributed by atoms with Crippen LogP contribution in [0.25, 0.3) is 17.0 Å². The topological polar surface area (TPSA) is 45.8 Å². The molecule has 0 bridgehead atoms. The van der Waals surface area contributed by atoms with Crippen molar-refractivity contribution in [2.24, 2.45) is 0 Å². The van der Waals surface area contributed by atoms with E-state index in [-0.39, 0.29) is 5.12 Å². The molecule has 1 heterocycles. The second-order valence-corrected chi connectivity index (χ2v) is 4.56. The lowest BCUT2D eigenvalue weighted by Gasteiger charge is -1.90. The number of para-hydroxylation sites is 1. The summed E-state index contributed by atoms with van der Waals surface area (Å²) in [6.45, 7) is 1.57. The Balaban J connectivity index is 2.12. The number of benzene rings is 1. The molecule has 0 atom stereocenters. The van der Waals surface area contributed by atoms with Crippen LogP contribution in [0.3, 0.4) is 0 Å². The Bertz CT molecular complexity index is 531. The van der Waals surface area contributed by atoms with Crippen LogP contribution in [-0.4, -0.2) is 21.1 Å². The van der Waals surface area contributed by atoms with E-state index in [2.05, 4.69) is 10.2 Å². The van der Waals surface area contributed by atoms with Gasteiger partial charge in [-0.25, -0.2) is 0 Å². The second-order valence-electron chi connectivity index (χ2n) is 3.36. The smallest absolute Gasteiger partial charge is 0.186 e. The molecule has 3 nitrogen and oxygen atoms in total. The zero-order valence-corrected chi connectivity index (χ0v) is 9.75. The van der Waals surface area contributed by atoms with Crippen LogP contribution in [0.15, 0.2) is 30.3 Å². The number of H-pyrrole nitrogens is 1. The number of aromatic amines is 1. The number of nitrogens with one attached hydrogen (secondary N) is 1. The molecule has 0 aliphatic rings. The van der Waals surface area contributed by atoms with Gasteiger partial charge in [0.05, 0.1) is 11.2 Å². The maximum Gasteiger partial charge on any atom is 0.186 e. The quantitative estimate of drug-likeness (QED) is 0.885. The monoisotopic (exact) mass is 232 g/mol. The van der Waals surface area contributed by atoms with Gasteiger partial charge in [-0.1, -0.05) is 36.0 Å². The molecule has 2 aromatic rings. The molecule has 0 radical (unpaired) electrons. The fourth-order valence-corrected chi connectivity index (χ4v) is 1.87. The third-order valence-corrected chi connectivity index (χ3v) is 2.92. The number of hydrogen-bond donors (Lipinski definition) is 1. The Labute approximate surface area is 97.9 Å². The lowest BCUT2D eigenvalue weighted by molar-refractivity contribution is -0.109. The van der Waals surface area contributed by atoms with Gasteiger partial charge in [0.2, 0.25) is 0 Å². The van der Waals surface area contributed by atoms with Crippen molar-refractivity contribution in [2.45, 2.75) is 6.92 Å². The normalized spacial score (nSPS) is 11.3. The average molecular weight is 232 g/mol. The summed E-state index contributed by atoms with van der Waals surface area (Å²) in [6.07, 6.45) is 3.93. The van der Waals surface area contributed by atoms with Crippen molar-refractivity contribution in [1.82, 2.24) is 10.2 Å². The summed E-state index contributed by atoms with van der Waals surface area (Å²) < 4.78 is 0. The second kappa shape index (κ2) is 4.99. The maximum absolute atomic E-state index is 10.7. The van der Waals surface area contributed by atoms with Crippen molar-refractivity contribution in [3.63, 3.8) is 0 Å². The SMILES string of the molecule is CC(=O)SCC=Cc1[nH]nc2ccccc12. The van der Waals surface area contributed by atoms with Gasteiger partial charge in [-0.2, -0.15) is 5.10 Å². The molecule has 0 fully saturated rings. The molecule has 0 aliphatic carbocycles. The number of carbonyl (C=O) groups is 1. The molecule has 1 aromatic carbocycles. The summed E-state index contributed by atoms with van der Waals surface area (Å²) in [5.74, 6) is 0.697. The van der Waals surface area contributed by atoms with Crippen LogP contribution in [-0.2, 0) is 4.79 Å². The molecule has 0 amide bonds. The van der Waals surface area contributed by atoms with Crippen LogP contribution in [0, 0.1) is 0 Å². The lowest BCUT2D eigenvalue weighted by atomic mass is 10.2. The van der Waals surface area contributed by atoms with Gasteiger partial charge in [0, 0.05) is 18.1 Å². The molecule has 0 saturated carbocycles. The third kappa shape index (κ3) is 2.52. The first-order chi connectivity index (χ1) is 7.77. The van der Waals surface area contributed by atoms with Crippen molar-refractivity contribution >= 4 is 33.9 Å². The Hall–Kier alpha value is -1.55. The fourth-order valence-electron chi connectivity index (χ4n) is 1.44. The summed E-state index contributed by atoms with van der Waals surface area (Å²) in [4.78, 5) is 10.7. The number of rotatable bonds is 3. The van der Waals surface area contributed by atoms with Crippen LogP contribution in [0.1, 0.15) is 12.6 Å². The average Bonchev–Trinajstić information content (AvgIpc) is 2.68. The van der Waals surface area contributed by atoms with Crippen LogP contribution in [0.4, 0.5) is 0 Å². The van der Waals surface area contributed by atoms with Gasteiger partial charge < -0.3 is 0 Å². The molecule has 0 spiro atoms. The van der Waals surface area contributed by atoms with Crippen molar-refractivity contribution in [3.8, 4) is 0 Å². The van der Waals surface area contributed by atoms with Crippen LogP contribution in [0.5, 0.6) is 0 Å². The summed E-state index contributed by atoms with van der Waals surface area (Å²) in [5.41, 5.74) is 1.95. The first-order valence-corrected chi connectivity index (χ1v) is 5.99. The van der Waals surface area contributed by atoms with Gasteiger partial charge in [0.15, 0.2) is 5.12 Å². The Kier molecular flexibility index (Phi) is 3.41. The van der Waals surface area contributed by atoms with Gasteiger partial charge >= 0.3 is 0 Å². The molecule has 4 heteroatoms. The number of hydrogen-bond acceptors (Lipinski definition) is 3. The van der Waals surface area contributed by atoms with E-state index in [1.165, 1.54) is 11.8 Å². The van der Waals surface area contributed by atoms with Gasteiger partial charge in [0.25, 0.3) is 0 Å². The Morgan fingerprint density at radius 2 is 2.31 bits per heavy atom. The van der Waals surface area contributed by atoms with Crippen molar-refractivity contribution < 1.29 is 4.79 Å². The van der Waals surface area contributed by atoms with E-state index < -0.39 is 0 Å². The molecule has 0 aliphatic heterocycles. The highest BCUT2D eigenvalue weighted by atomic mass is 32.2. The van der Waals surface area contributed by atoms with Gasteiger partial charge in [0.1, 0.15) is 0 Å². The highest BCUT2D eigenvalue weighted by Crippen LogP contribution is 2.16. The predicted molar refractivity (Wildman–Crippen MR) is 68.3 cm³/mol. The van der Waals surface area contributed by atoms with Crippen molar-refractivity contribution in [1.29, 1.82) is 0 Å². The first-order valence-electron chi connectivity index (χ1n) is 5.00. The van der Waals surface area contributed by atoms with E-state index in [9.17, 15) is 4.79 Å². The fraction of sp³-hybridized carbons (Fsp3) is 0.167. The first kappa shape index (κ1) is 11.0. The highest BCUT2D eigenvalue weighted by molar-refractivity contribution is 8.13. The van der Waals surface area contributed by atoms with Crippen LogP contribution in [0.2, 0.25) is 0 Å². The van der Waals surface area contributed by atoms with E-state index in [0.717, 1.165) is 16.6 Å². The lowest BCUT2D eigenvalue weighted by Crippen LogP contribution is -1.81. The molecule has 2 rings (SSSR count). The molecule has 1 N–H and O–H groups in total. The van der Waals surface area contributed by atoms with Gasteiger partial charge in [-0.3, -0.25) is 9.89 Å². The van der Waals surface area contributed by atoms with E-state index in [1.807, 2.05) is 36.4 Å². The number of carbonyl (C=O) groups excluding carboxylic acids is 1.